The second kappa shape index (κ2) is 8.04. The highest BCUT2D eigenvalue weighted by molar-refractivity contribution is 5.94. The van der Waals surface area contributed by atoms with Gasteiger partial charge in [-0.1, -0.05) is 12.1 Å². The second-order valence-electron chi connectivity index (χ2n) is 4.87. The molecule has 2 amide bonds. The van der Waals surface area contributed by atoms with E-state index in [9.17, 15) is 14.4 Å². The number of rotatable bonds is 7. The summed E-state index contributed by atoms with van der Waals surface area (Å²) in [7, 11) is 0. The van der Waals surface area contributed by atoms with Crippen LogP contribution in [0, 0.1) is 0 Å². The normalized spacial score (nSPS) is 10.1. The molecule has 0 unspecified atom stereocenters. The van der Waals surface area contributed by atoms with Crippen LogP contribution in [0.1, 0.15) is 31.1 Å². The zero-order valence-electron chi connectivity index (χ0n) is 12.4. The van der Waals surface area contributed by atoms with Crippen molar-refractivity contribution in [1.82, 2.24) is 10.6 Å². The number of Topliss-reactive ketones (excluding diaryl/α,β-unsaturated/α-hetero) is 1. The number of amides is 2. The van der Waals surface area contributed by atoms with Crippen LogP contribution < -0.4 is 15.4 Å². The van der Waals surface area contributed by atoms with Gasteiger partial charge in [0.2, 0.25) is 5.91 Å². The van der Waals surface area contributed by atoms with Gasteiger partial charge in [0.15, 0.2) is 12.4 Å². The van der Waals surface area contributed by atoms with Gasteiger partial charge in [-0.3, -0.25) is 14.4 Å². The molecule has 2 N–H and O–H groups in total. The van der Waals surface area contributed by atoms with Crippen LogP contribution >= 0.6 is 0 Å². The molecule has 0 radical (unpaired) electrons. The first-order valence-electron chi connectivity index (χ1n) is 6.68. The van der Waals surface area contributed by atoms with Crippen LogP contribution in [0.2, 0.25) is 0 Å². The minimum atomic E-state index is -0.401. The summed E-state index contributed by atoms with van der Waals surface area (Å²) in [5.41, 5.74) is 0.518. The first-order valence-corrected chi connectivity index (χ1v) is 6.68. The zero-order valence-corrected chi connectivity index (χ0v) is 12.4. The second-order valence-corrected chi connectivity index (χ2v) is 4.87. The molecule has 0 aliphatic rings. The maximum atomic E-state index is 11.5. The molecule has 0 saturated carbocycles. The molecule has 0 saturated heterocycles. The lowest BCUT2D eigenvalue weighted by atomic mass is 10.1. The largest absolute Gasteiger partial charge is 0.484 e. The van der Waals surface area contributed by atoms with Gasteiger partial charge in [0.05, 0.1) is 6.54 Å². The van der Waals surface area contributed by atoms with E-state index in [1.54, 1.807) is 24.3 Å². The van der Waals surface area contributed by atoms with E-state index < -0.39 is 5.91 Å². The molecule has 6 heteroatoms. The van der Waals surface area contributed by atoms with Crippen molar-refractivity contribution in [2.45, 2.75) is 26.8 Å². The fourth-order valence-electron chi connectivity index (χ4n) is 1.56. The summed E-state index contributed by atoms with van der Waals surface area (Å²) in [6.07, 6.45) is 0. The molecule has 1 aromatic carbocycles. The van der Waals surface area contributed by atoms with Gasteiger partial charge >= 0.3 is 0 Å². The third-order valence-corrected chi connectivity index (χ3v) is 2.51. The van der Waals surface area contributed by atoms with Crippen LogP contribution in [-0.2, 0) is 9.59 Å². The molecule has 0 heterocycles. The summed E-state index contributed by atoms with van der Waals surface area (Å²) in [5.74, 6) is -0.293. The van der Waals surface area contributed by atoms with Crippen LogP contribution in [-0.4, -0.2) is 36.8 Å². The number of ether oxygens (including phenoxy) is 1. The van der Waals surface area contributed by atoms with Crippen molar-refractivity contribution in [1.29, 1.82) is 0 Å². The van der Waals surface area contributed by atoms with Gasteiger partial charge in [0, 0.05) is 11.6 Å². The molecule has 21 heavy (non-hydrogen) atoms. The van der Waals surface area contributed by atoms with Crippen molar-refractivity contribution >= 4 is 17.6 Å². The Morgan fingerprint density at radius 1 is 1.19 bits per heavy atom. The van der Waals surface area contributed by atoms with Crippen molar-refractivity contribution < 1.29 is 19.1 Å². The molecule has 0 aromatic heterocycles. The molecule has 114 valence electrons. The molecule has 1 aromatic rings. The highest BCUT2D eigenvalue weighted by Crippen LogP contribution is 2.13. The zero-order chi connectivity index (χ0) is 15.8. The van der Waals surface area contributed by atoms with Crippen LogP contribution in [0.3, 0.4) is 0 Å². The van der Waals surface area contributed by atoms with E-state index in [-0.39, 0.29) is 30.9 Å². The van der Waals surface area contributed by atoms with Crippen molar-refractivity contribution in [3.05, 3.63) is 29.8 Å². The molecule has 0 aliphatic carbocycles. The maximum absolute atomic E-state index is 11.5. The van der Waals surface area contributed by atoms with Gasteiger partial charge in [-0.15, -0.1) is 0 Å². The van der Waals surface area contributed by atoms with Crippen molar-refractivity contribution in [3.8, 4) is 5.75 Å². The van der Waals surface area contributed by atoms with Crippen molar-refractivity contribution in [2.75, 3.05) is 13.2 Å². The van der Waals surface area contributed by atoms with Crippen LogP contribution in [0.4, 0.5) is 0 Å². The average Bonchev–Trinajstić information content (AvgIpc) is 2.42. The van der Waals surface area contributed by atoms with Crippen LogP contribution in [0.15, 0.2) is 24.3 Å². The standard InChI is InChI=1S/C15H20N2O4/c1-10(2)17-14(19)8-16-15(20)9-21-13-6-4-5-12(7-13)11(3)18/h4-7,10H,8-9H2,1-3H3,(H,16,20)(H,17,19). The van der Waals surface area contributed by atoms with Gasteiger partial charge in [-0.2, -0.15) is 0 Å². The monoisotopic (exact) mass is 292 g/mol. The topological polar surface area (TPSA) is 84.5 Å². The summed E-state index contributed by atoms with van der Waals surface area (Å²) in [6, 6.07) is 6.61. The fourth-order valence-corrected chi connectivity index (χ4v) is 1.56. The highest BCUT2D eigenvalue weighted by atomic mass is 16.5. The molecule has 1 rings (SSSR count). The van der Waals surface area contributed by atoms with E-state index >= 15 is 0 Å². The average molecular weight is 292 g/mol. The molecule has 6 nitrogen and oxygen atoms in total. The quantitative estimate of drug-likeness (QED) is 0.732. The number of nitrogens with one attached hydrogen (secondary N) is 2. The van der Waals surface area contributed by atoms with E-state index in [0.717, 1.165) is 0 Å². The Hall–Kier alpha value is -2.37. The molecule has 0 spiro atoms. The molecule has 0 bridgehead atoms. The van der Waals surface area contributed by atoms with Gasteiger partial charge in [-0.25, -0.2) is 0 Å². The lowest BCUT2D eigenvalue weighted by molar-refractivity contribution is -0.127. The fraction of sp³-hybridized carbons (Fsp3) is 0.400. The van der Waals surface area contributed by atoms with Crippen molar-refractivity contribution in [2.24, 2.45) is 0 Å². The van der Waals surface area contributed by atoms with Gasteiger partial charge < -0.3 is 15.4 Å². The van der Waals surface area contributed by atoms with Gasteiger partial charge in [0.25, 0.3) is 5.91 Å². The van der Waals surface area contributed by atoms with Gasteiger partial charge in [-0.05, 0) is 32.9 Å². The molecular formula is C15H20N2O4. The first kappa shape index (κ1) is 16.7. The van der Waals surface area contributed by atoms with Crippen LogP contribution in [0.5, 0.6) is 5.75 Å². The lowest BCUT2D eigenvalue weighted by Gasteiger charge is -2.10. The SMILES string of the molecule is CC(=O)c1cccc(OCC(=O)NCC(=O)NC(C)C)c1. The number of benzene rings is 1. The lowest BCUT2D eigenvalue weighted by Crippen LogP contribution is -2.41. The summed E-state index contributed by atoms with van der Waals surface area (Å²) >= 11 is 0. The number of carbonyl (C=O) groups excluding carboxylic acids is 3. The minimum absolute atomic E-state index is 0.0278. The number of hydrogen-bond acceptors (Lipinski definition) is 4. The highest BCUT2D eigenvalue weighted by Gasteiger charge is 2.08. The Morgan fingerprint density at radius 2 is 1.90 bits per heavy atom. The first-order chi connectivity index (χ1) is 9.88. The third kappa shape index (κ3) is 6.56. The van der Waals surface area contributed by atoms with Crippen LogP contribution in [0.25, 0.3) is 0 Å². The third-order valence-electron chi connectivity index (χ3n) is 2.51. The Labute approximate surface area is 123 Å². The Kier molecular flexibility index (Phi) is 6.39. The summed E-state index contributed by atoms with van der Waals surface area (Å²) in [4.78, 5) is 34.1. The molecule has 0 fully saturated rings. The smallest absolute Gasteiger partial charge is 0.258 e. The van der Waals surface area contributed by atoms with Crippen molar-refractivity contribution in [3.63, 3.8) is 0 Å². The van der Waals surface area contributed by atoms with E-state index in [2.05, 4.69) is 10.6 Å². The summed E-state index contributed by atoms with van der Waals surface area (Å²) in [6.45, 7) is 4.83. The summed E-state index contributed by atoms with van der Waals surface area (Å²) < 4.78 is 5.28. The Morgan fingerprint density at radius 3 is 2.52 bits per heavy atom. The molecule has 0 aliphatic heterocycles. The Balaban J connectivity index is 2.38. The van der Waals surface area contributed by atoms with E-state index in [4.69, 9.17) is 4.74 Å². The number of carbonyl (C=O) groups is 3. The van der Waals surface area contributed by atoms with Gasteiger partial charge in [0.1, 0.15) is 5.75 Å². The predicted octanol–water partition coefficient (Wildman–Crippen LogP) is 0.909. The maximum Gasteiger partial charge on any atom is 0.258 e. The number of hydrogen-bond donors (Lipinski definition) is 2. The predicted molar refractivity (Wildman–Crippen MR) is 78.2 cm³/mol. The molecular weight excluding hydrogens is 272 g/mol. The number of ketones is 1. The van der Waals surface area contributed by atoms with E-state index in [0.29, 0.717) is 11.3 Å². The summed E-state index contributed by atoms with van der Waals surface area (Å²) in [5, 5.41) is 5.11. The van der Waals surface area contributed by atoms with E-state index in [1.807, 2.05) is 13.8 Å². The minimum Gasteiger partial charge on any atom is -0.484 e. The molecule has 0 atom stereocenters. The van der Waals surface area contributed by atoms with E-state index in [1.165, 1.54) is 6.92 Å². The Bertz CT molecular complexity index is 526.